The van der Waals surface area contributed by atoms with Crippen LogP contribution in [-0.4, -0.2) is 12.6 Å². The average molecular weight is 270 g/mol. The summed E-state index contributed by atoms with van der Waals surface area (Å²) in [5.74, 6) is -0.0804. The highest BCUT2D eigenvalue weighted by atomic mass is 35.5. The third-order valence-corrected chi connectivity index (χ3v) is 3.17. The Bertz CT molecular complexity index is 407. The van der Waals surface area contributed by atoms with Gasteiger partial charge in [-0.25, -0.2) is 0 Å². The molecule has 2 N–H and O–H groups in total. The highest BCUT2D eigenvalue weighted by molar-refractivity contribution is 6.33. The van der Waals surface area contributed by atoms with Crippen molar-refractivity contribution >= 4 is 23.3 Å². The number of rotatable bonds is 6. The lowest BCUT2D eigenvalue weighted by atomic mass is 9.97. The summed E-state index contributed by atoms with van der Waals surface area (Å²) in [6, 6.07) is 5.46. The summed E-state index contributed by atoms with van der Waals surface area (Å²) in [7, 11) is 0. The van der Waals surface area contributed by atoms with Gasteiger partial charge in [0.05, 0.1) is 23.7 Å². The molecule has 1 aromatic carbocycles. The molecule has 18 heavy (non-hydrogen) atoms. The van der Waals surface area contributed by atoms with Crippen LogP contribution in [0.25, 0.3) is 0 Å². The van der Waals surface area contributed by atoms with E-state index in [0.717, 1.165) is 18.4 Å². The second kappa shape index (κ2) is 7.27. The first-order chi connectivity index (χ1) is 8.54. The van der Waals surface area contributed by atoms with Crippen molar-refractivity contribution in [2.45, 2.75) is 39.0 Å². The summed E-state index contributed by atoms with van der Waals surface area (Å²) in [5, 5.41) is 0.538. The molecule has 1 aromatic rings. The molecule has 0 aliphatic carbocycles. The molecule has 4 heteroatoms. The monoisotopic (exact) mass is 269 g/mol. The van der Waals surface area contributed by atoms with E-state index < -0.39 is 0 Å². The maximum atomic E-state index is 11.6. The van der Waals surface area contributed by atoms with Crippen LogP contribution in [0.4, 0.5) is 5.69 Å². The minimum atomic E-state index is -0.163. The summed E-state index contributed by atoms with van der Waals surface area (Å²) in [6.07, 6.45) is 2.30. The SMILES string of the molecule is CCCCOC(=O)C[C@@H](C)c1ccc(Cl)c(N)c1. The number of hydrogen-bond donors (Lipinski definition) is 1. The van der Waals surface area contributed by atoms with Crippen molar-refractivity contribution in [3.8, 4) is 0 Å². The molecule has 0 radical (unpaired) electrons. The predicted molar refractivity (Wildman–Crippen MR) is 74.8 cm³/mol. The Hall–Kier alpha value is -1.22. The number of esters is 1. The van der Waals surface area contributed by atoms with Gasteiger partial charge in [-0.2, -0.15) is 0 Å². The maximum absolute atomic E-state index is 11.6. The molecule has 0 saturated heterocycles. The number of carbonyl (C=O) groups excluding carboxylic acids is 1. The first-order valence-corrected chi connectivity index (χ1v) is 6.63. The largest absolute Gasteiger partial charge is 0.466 e. The molecule has 0 aromatic heterocycles. The molecule has 100 valence electrons. The van der Waals surface area contributed by atoms with Gasteiger partial charge in [-0.05, 0) is 30.0 Å². The summed E-state index contributed by atoms with van der Waals surface area (Å²) in [4.78, 5) is 11.6. The van der Waals surface area contributed by atoms with Crippen molar-refractivity contribution < 1.29 is 9.53 Å². The van der Waals surface area contributed by atoms with Crippen LogP contribution in [0.2, 0.25) is 5.02 Å². The van der Waals surface area contributed by atoms with Gasteiger partial charge in [0.2, 0.25) is 0 Å². The summed E-state index contributed by atoms with van der Waals surface area (Å²) in [6.45, 7) is 4.54. The lowest BCUT2D eigenvalue weighted by Gasteiger charge is -2.12. The Kier molecular flexibility index (Phi) is 5.99. The van der Waals surface area contributed by atoms with Crippen LogP contribution in [0.15, 0.2) is 18.2 Å². The van der Waals surface area contributed by atoms with Crippen LogP contribution >= 0.6 is 11.6 Å². The van der Waals surface area contributed by atoms with E-state index in [2.05, 4.69) is 6.92 Å². The van der Waals surface area contributed by atoms with Gasteiger partial charge in [0, 0.05) is 0 Å². The highest BCUT2D eigenvalue weighted by Gasteiger charge is 2.13. The normalized spacial score (nSPS) is 12.2. The van der Waals surface area contributed by atoms with Crippen LogP contribution in [0.3, 0.4) is 0 Å². The molecule has 0 spiro atoms. The number of nitrogen functional groups attached to an aromatic ring is 1. The molecule has 0 saturated carbocycles. The number of ether oxygens (including phenoxy) is 1. The highest BCUT2D eigenvalue weighted by Crippen LogP contribution is 2.26. The van der Waals surface area contributed by atoms with Gasteiger partial charge < -0.3 is 10.5 Å². The van der Waals surface area contributed by atoms with E-state index in [9.17, 15) is 4.79 Å². The molecule has 0 bridgehead atoms. The first-order valence-electron chi connectivity index (χ1n) is 6.25. The van der Waals surface area contributed by atoms with Crippen molar-refractivity contribution in [1.82, 2.24) is 0 Å². The van der Waals surface area contributed by atoms with Gasteiger partial charge in [-0.1, -0.05) is 37.9 Å². The Labute approximate surface area is 113 Å². The Morgan fingerprint density at radius 3 is 2.83 bits per heavy atom. The van der Waals surface area contributed by atoms with Crippen molar-refractivity contribution in [3.05, 3.63) is 28.8 Å². The van der Waals surface area contributed by atoms with E-state index in [1.54, 1.807) is 6.07 Å². The molecule has 1 rings (SSSR count). The zero-order valence-corrected chi connectivity index (χ0v) is 11.7. The fourth-order valence-electron chi connectivity index (χ4n) is 1.63. The fraction of sp³-hybridized carbons (Fsp3) is 0.500. The molecule has 0 aliphatic heterocycles. The van der Waals surface area contributed by atoms with Crippen LogP contribution in [0, 0.1) is 0 Å². The third kappa shape index (κ3) is 4.57. The van der Waals surface area contributed by atoms with Crippen LogP contribution in [0.5, 0.6) is 0 Å². The lowest BCUT2D eigenvalue weighted by Crippen LogP contribution is -2.09. The van der Waals surface area contributed by atoms with Gasteiger partial charge in [0.1, 0.15) is 0 Å². The quantitative estimate of drug-likeness (QED) is 0.486. The van der Waals surface area contributed by atoms with Gasteiger partial charge >= 0.3 is 5.97 Å². The topological polar surface area (TPSA) is 52.3 Å². The van der Waals surface area contributed by atoms with Gasteiger partial charge in [0.15, 0.2) is 0 Å². The molecular weight excluding hydrogens is 250 g/mol. The first kappa shape index (κ1) is 14.8. The smallest absolute Gasteiger partial charge is 0.306 e. The average Bonchev–Trinajstić information content (AvgIpc) is 2.33. The second-order valence-corrected chi connectivity index (χ2v) is 4.87. The standard InChI is InChI=1S/C14H20ClNO2/c1-3-4-7-18-14(17)8-10(2)11-5-6-12(15)13(16)9-11/h5-6,9-10H,3-4,7-8,16H2,1-2H3/t10-/m1/s1. The number of unbranched alkanes of at least 4 members (excludes halogenated alkanes) is 1. The zero-order valence-electron chi connectivity index (χ0n) is 10.9. The van der Waals surface area contributed by atoms with E-state index in [-0.39, 0.29) is 11.9 Å². The fourth-order valence-corrected chi connectivity index (χ4v) is 1.74. The number of carbonyl (C=O) groups is 1. The van der Waals surface area contributed by atoms with Gasteiger partial charge in [-0.15, -0.1) is 0 Å². The molecule has 1 atom stereocenters. The van der Waals surface area contributed by atoms with Crippen molar-refractivity contribution in [2.75, 3.05) is 12.3 Å². The predicted octanol–water partition coefficient (Wildman–Crippen LogP) is 3.76. The van der Waals surface area contributed by atoms with Crippen molar-refractivity contribution in [2.24, 2.45) is 0 Å². The number of benzene rings is 1. The van der Waals surface area contributed by atoms with E-state index in [4.69, 9.17) is 22.1 Å². The van der Waals surface area contributed by atoms with E-state index in [1.165, 1.54) is 0 Å². The van der Waals surface area contributed by atoms with E-state index in [1.807, 2.05) is 19.1 Å². The van der Waals surface area contributed by atoms with E-state index >= 15 is 0 Å². The summed E-state index contributed by atoms with van der Waals surface area (Å²) in [5.41, 5.74) is 7.29. The van der Waals surface area contributed by atoms with Crippen LogP contribution in [-0.2, 0) is 9.53 Å². The maximum Gasteiger partial charge on any atom is 0.306 e. The van der Waals surface area contributed by atoms with Gasteiger partial charge in [-0.3, -0.25) is 4.79 Å². The number of hydrogen-bond acceptors (Lipinski definition) is 3. The summed E-state index contributed by atoms with van der Waals surface area (Å²) < 4.78 is 5.13. The molecule has 0 unspecified atom stereocenters. The third-order valence-electron chi connectivity index (χ3n) is 2.82. The molecule has 0 aliphatic rings. The minimum absolute atomic E-state index is 0.0821. The van der Waals surface area contributed by atoms with Crippen molar-refractivity contribution in [3.63, 3.8) is 0 Å². The number of anilines is 1. The lowest BCUT2D eigenvalue weighted by molar-refractivity contribution is -0.144. The molecular formula is C14H20ClNO2. The van der Waals surface area contributed by atoms with Crippen LogP contribution in [0.1, 0.15) is 44.6 Å². The number of halogens is 1. The molecule has 3 nitrogen and oxygen atoms in total. The second-order valence-electron chi connectivity index (χ2n) is 4.46. The molecule has 0 amide bonds. The Morgan fingerprint density at radius 2 is 2.22 bits per heavy atom. The molecule has 0 heterocycles. The van der Waals surface area contributed by atoms with E-state index in [0.29, 0.717) is 23.7 Å². The van der Waals surface area contributed by atoms with Crippen molar-refractivity contribution in [1.29, 1.82) is 0 Å². The molecule has 0 fully saturated rings. The Morgan fingerprint density at radius 1 is 1.50 bits per heavy atom. The summed E-state index contributed by atoms with van der Waals surface area (Å²) >= 11 is 5.86. The van der Waals surface area contributed by atoms with Crippen LogP contribution < -0.4 is 5.73 Å². The number of nitrogens with two attached hydrogens (primary N) is 1. The van der Waals surface area contributed by atoms with Gasteiger partial charge in [0.25, 0.3) is 0 Å². The minimum Gasteiger partial charge on any atom is -0.466 e. The zero-order chi connectivity index (χ0) is 13.5. The Balaban J connectivity index is 2.51.